The van der Waals surface area contributed by atoms with Crippen LogP contribution in [-0.4, -0.2) is 27.0 Å². The van der Waals surface area contributed by atoms with Crippen molar-refractivity contribution < 1.29 is 41.0 Å². The molecule has 3 aromatic carbocycles. The monoisotopic (exact) mass is 616 g/mol. The number of rotatable bonds is 7. The van der Waals surface area contributed by atoms with Gasteiger partial charge in [0.15, 0.2) is 5.69 Å². The maximum Gasteiger partial charge on any atom is 0.434 e. The number of aromatic nitrogens is 2. The molecular weight excluding hydrogens is 586 g/mol. The average Bonchev–Trinajstić information content (AvgIpc) is 3.43. The summed E-state index contributed by atoms with van der Waals surface area (Å²) >= 11 is 0. The third-order valence-electron chi connectivity index (χ3n) is 8.06. The molecular formula is C33H30F6N2O3. The molecule has 232 valence electrons. The number of halogens is 6. The molecule has 0 spiro atoms. The maximum atomic E-state index is 13.9. The molecule has 5 rings (SSSR count). The Morgan fingerprint density at radius 2 is 1.59 bits per heavy atom. The summed E-state index contributed by atoms with van der Waals surface area (Å²) in [5.74, 6) is -2.38. The summed E-state index contributed by atoms with van der Waals surface area (Å²) in [7, 11) is 0. The van der Waals surface area contributed by atoms with Gasteiger partial charge in [-0.1, -0.05) is 42.0 Å². The molecule has 1 aliphatic carbocycles. The minimum atomic E-state index is -4.95. The second-order valence-corrected chi connectivity index (χ2v) is 11.3. The van der Waals surface area contributed by atoms with E-state index in [1.165, 1.54) is 12.1 Å². The summed E-state index contributed by atoms with van der Waals surface area (Å²) in [6.45, 7) is 3.78. The van der Waals surface area contributed by atoms with Crippen LogP contribution in [0.2, 0.25) is 0 Å². The number of ether oxygens (including phenoxy) is 1. The van der Waals surface area contributed by atoms with E-state index in [9.17, 15) is 36.2 Å². The van der Waals surface area contributed by atoms with Gasteiger partial charge in [0.05, 0.1) is 17.8 Å². The smallest absolute Gasteiger partial charge is 0.434 e. The number of nitrogens with zero attached hydrogens (tertiary/aromatic N) is 2. The lowest BCUT2D eigenvalue weighted by atomic mass is 9.78. The standard InChI is InChI=1S/C33H30F6N2O3/c1-19-3-12-29(44-18-21-4-6-22(7-5-21)23-8-10-25(11-9-23)32(34,35)36)27(15-19)24-13-20(2)14-26(16-24)41-30(33(37,38)39)28(17-40-41)31(42)43/h3-7,12-17,23,25H,8-11,18H2,1-2H3,(H,42,43)/t23-,25-. The van der Waals surface area contributed by atoms with Crippen molar-refractivity contribution in [1.82, 2.24) is 9.78 Å². The van der Waals surface area contributed by atoms with E-state index in [0.717, 1.165) is 16.7 Å². The molecule has 1 heterocycles. The minimum Gasteiger partial charge on any atom is -0.488 e. The molecule has 1 saturated carbocycles. The van der Waals surface area contributed by atoms with Gasteiger partial charge in [0.25, 0.3) is 0 Å². The van der Waals surface area contributed by atoms with Crippen LogP contribution in [0, 0.1) is 19.8 Å². The Kier molecular flexibility index (Phi) is 8.51. The summed E-state index contributed by atoms with van der Waals surface area (Å²) in [5.41, 5.74) is 2.29. The van der Waals surface area contributed by atoms with E-state index in [1.807, 2.05) is 43.3 Å². The first-order valence-electron chi connectivity index (χ1n) is 14.1. The van der Waals surface area contributed by atoms with Crippen molar-refractivity contribution in [2.45, 2.75) is 64.4 Å². The zero-order valence-corrected chi connectivity index (χ0v) is 24.0. The lowest BCUT2D eigenvalue weighted by Gasteiger charge is -2.30. The predicted octanol–water partition coefficient (Wildman–Crippen LogP) is 9.29. The zero-order valence-electron chi connectivity index (χ0n) is 24.0. The van der Waals surface area contributed by atoms with E-state index >= 15 is 0 Å². The SMILES string of the molecule is Cc1cc(-c2cc(C)ccc2OCc2ccc([C@H]3CC[C@H](C(F)(F)F)CC3)cc2)cc(-n2ncc(C(=O)O)c2C(F)(F)F)c1. The highest BCUT2D eigenvalue weighted by atomic mass is 19.4. The van der Waals surface area contributed by atoms with E-state index in [-0.39, 0.29) is 31.1 Å². The summed E-state index contributed by atoms with van der Waals surface area (Å²) in [6, 6.07) is 17.9. The lowest BCUT2D eigenvalue weighted by Crippen LogP contribution is -2.27. The second-order valence-electron chi connectivity index (χ2n) is 11.3. The van der Waals surface area contributed by atoms with Crippen LogP contribution in [0.5, 0.6) is 5.75 Å². The van der Waals surface area contributed by atoms with Crippen molar-refractivity contribution in [3.63, 3.8) is 0 Å². The number of hydrogen-bond acceptors (Lipinski definition) is 3. The van der Waals surface area contributed by atoms with Gasteiger partial charge < -0.3 is 9.84 Å². The van der Waals surface area contributed by atoms with E-state index in [1.54, 1.807) is 19.1 Å². The number of carboxylic acids is 1. The number of aromatic carboxylic acids is 1. The van der Waals surface area contributed by atoms with E-state index in [2.05, 4.69) is 5.10 Å². The maximum absolute atomic E-state index is 13.9. The molecule has 44 heavy (non-hydrogen) atoms. The highest BCUT2D eigenvalue weighted by Crippen LogP contribution is 2.43. The van der Waals surface area contributed by atoms with E-state index < -0.39 is 35.5 Å². The normalized spacial score (nSPS) is 17.5. The average molecular weight is 617 g/mol. The molecule has 5 nitrogen and oxygen atoms in total. The van der Waals surface area contributed by atoms with Gasteiger partial charge >= 0.3 is 18.3 Å². The Labute approximate surface area is 250 Å². The number of carboxylic acid groups (broad SMARTS) is 1. The van der Waals surface area contributed by atoms with Gasteiger partial charge in [-0.3, -0.25) is 0 Å². The summed E-state index contributed by atoms with van der Waals surface area (Å²) in [5, 5.41) is 13.1. The fourth-order valence-corrected chi connectivity index (χ4v) is 5.81. The van der Waals surface area contributed by atoms with E-state index in [0.29, 0.717) is 46.2 Å². The molecule has 0 unspecified atom stereocenters. The number of carbonyl (C=O) groups is 1. The van der Waals surface area contributed by atoms with Gasteiger partial charge in [-0.05, 0) is 92.0 Å². The molecule has 0 amide bonds. The molecule has 1 aromatic heterocycles. The number of benzene rings is 3. The van der Waals surface area contributed by atoms with Crippen LogP contribution in [-0.2, 0) is 12.8 Å². The molecule has 0 radical (unpaired) electrons. The fourth-order valence-electron chi connectivity index (χ4n) is 5.81. The van der Waals surface area contributed by atoms with Crippen LogP contribution in [0.4, 0.5) is 26.3 Å². The third kappa shape index (κ3) is 6.76. The number of aryl methyl sites for hydroxylation is 2. The van der Waals surface area contributed by atoms with Crippen molar-refractivity contribution in [3.05, 3.63) is 100 Å². The molecule has 1 fully saturated rings. The van der Waals surface area contributed by atoms with Gasteiger partial charge in [-0.15, -0.1) is 0 Å². The van der Waals surface area contributed by atoms with Gasteiger partial charge in [-0.2, -0.15) is 31.4 Å². The van der Waals surface area contributed by atoms with Crippen LogP contribution in [0.25, 0.3) is 16.8 Å². The van der Waals surface area contributed by atoms with Crippen molar-refractivity contribution in [1.29, 1.82) is 0 Å². The molecule has 1 aliphatic rings. The molecule has 0 saturated heterocycles. The van der Waals surface area contributed by atoms with Gasteiger partial charge in [-0.25, -0.2) is 9.48 Å². The highest BCUT2D eigenvalue weighted by Gasteiger charge is 2.42. The Balaban J connectivity index is 1.37. The quantitative estimate of drug-likeness (QED) is 0.210. The second kappa shape index (κ2) is 12.0. The van der Waals surface area contributed by atoms with Crippen molar-refractivity contribution in [3.8, 4) is 22.6 Å². The Morgan fingerprint density at radius 3 is 2.20 bits per heavy atom. The van der Waals surface area contributed by atoms with Crippen LogP contribution < -0.4 is 4.74 Å². The van der Waals surface area contributed by atoms with Crippen molar-refractivity contribution in [2.24, 2.45) is 5.92 Å². The zero-order chi connectivity index (χ0) is 31.8. The van der Waals surface area contributed by atoms with Crippen LogP contribution in [0.15, 0.2) is 66.9 Å². The van der Waals surface area contributed by atoms with Gasteiger partial charge in [0.1, 0.15) is 17.9 Å². The predicted molar refractivity (Wildman–Crippen MR) is 152 cm³/mol. The van der Waals surface area contributed by atoms with Crippen LogP contribution in [0.1, 0.15) is 69.9 Å². The largest absolute Gasteiger partial charge is 0.488 e. The first-order valence-corrected chi connectivity index (χ1v) is 14.1. The Morgan fingerprint density at radius 1 is 0.909 bits per heavy atom. The molecule has 11 heteroatoms. The molecule has 4 aromatic rings. The first kappa shape index (κ1) is 31.2. The first-order chi connectivity index (χ1) is 20.7. The van der Waals surface area contributed by atoms with E-state index in [4.69, 9.17) is 4.74 Å². The Bertz CT molecular complexity index is 1650. The summed E-state index contributed by atoms with van der Waals surface area (Å²) in [6.07, 6.45) is -7.16. The minimum absolute atomic E-state index is 0.0483. The summed E-state index contributed by atoms with van der Waals surface area (Å²) in [4.78, 5) is 11.5. The third-order valence-corrected chi connectivity index (χ3v) is 8.06. The van der Waals surface area contributed by atoms with Crippen LogP contribution >= 0.6 is 0 Å². The van der Waals surface area contributed by atoms with Crippen LogP contribution in [0.3, 0.4) is 0 Å². The number of hydrogen-bond donors (Lipinski definition) is 1. The molecule has 0 bridgehead atoms. The van der Waals surface area contributed by atoms with Crippen molar-refractivity contribution >= 4 is 5.97 Å². The fraction of sp³-hybridized carbons (Fsp3) is 0.333. The molecule has 0 aliphatic heterocycles. The summed E-state index contributed by atoms with van der Waals surface area (Å²) < 4.78 is 87.5. The van der Waals surface area contributed by atoms with Crippen molar-refractivity contribution in [2.75, 3.05) is 0 Å². The highest BCUT2D eigenvalue weighted by molar-refractivity contribution is 5.89. The molecule has 0 atom stereocenters. The van der Waals surface area contributed by atoms with Gasteiger partial charge in [0.2, 0.25) is 0 Å². The lowest BCUT2D eigenvalue weighted by molar-refractivity contribution is -0.182. The number of alkyl halides is 6. The Hall–Kier alpha value is -4.28. The van der Waals surface area contributed by atoms with Gasteiger partial charge in [0, 0.05) is 5.56 Å². The topological polar surface area (TPSA) is 64.4 Å². The molecule has 1 N–H and O–H groups in total.